The number of amides is 1. The summed E-state index contributed by atoms with van der Waals surface area (Å²) < 4.78 is 18.7. The molecule has 1 amide bonds. The van der Waals surface area contributed by atoms with Crippen molar-refractivity contribution >= 4 is 44.3 Å². The molecule has 2 aliphatic rings. The molecule has 3 heterocycles. The number of halogens is 3. The van der Waals surface area contributed by atoms with Gasteiger partial charge in [0.05, 0.1) is 28.9 Å². The van der Waals surface area contributed by atoms with Crippen LogP contribution in [0.25, 0.3) is 10.9 Å². The Hall–Kier alpha value is -3.08. The number of fused-ring (bicyclic) bond motifs is 1. The number of hydrogen-bond donors (Lipinski definition) is 1. The fourth-order valence-corrected chi connectivity index (χ4v) is 6.21. The van der Waals surface area contributed by atoms with Gasteiger partial charge in [-0.1, -0.05) is 44.9 Å². The Morgan fingerprint density at radius 2 is 2.02 bits per heavy atom. The van der Waals surface area contributed by atoms with Crippen molar-refractivity contribution in [1.29, 1.82) is 0 Å². The highest BCUT2D eigenvalue weighted by Gasteiger charge is 2.34. The Labute approximate surface area is 243 Å². The number of piperidine rings is 1. The molecular formula is C29H28BrClFN5O3. The van der Waals surface area contributed by atoms with Gasteiger partial charge in [-0.05, 0) is 62.4 Å². The second-order valence-electron chi connectivity index (χ2n) is 10.8. The lowest BCUT2D eigenvalue weighted by atomic mass is 9.89. The van der Waals surface area contributed by atoms with Crippen LogP contribution in [-0.4, -0.2) is 48.1 Å². The van der Waals surface area contributed by atoms with Crippen molar-refractivity contribution in [3.05, 3.63) is 91.1 Å². The Morgan fingerprint density at radius 1 is 1.23 bits per heavy atom. The lowest BCUT2D eigenvalue weighted by molar-refractivity contribution is 0.0612. The number of likely N-dealkylation sites (tertiary alicyclic amines) is 1. The number of carbonyl (C=O) groups excluding carboxylic acids is 1. The molecule has 11 heteroatoms. The molecule has 1 aliphatic heterocycles. The molecule has 4 aromatic rings. The van der Waals surface area contributed by atoms with Gasteiger partial charge in [0.15, 0.2) is 0 Å². The summed E-state index contributed by atoms with van der Waals surface area (Å²) in [5.41, 5.74) is 1.73. The molecule has 3 atom stereocenters. The number of hydrogen-bond acceptors (Lipinski definition) is 5. The van der Waals surface area contributed by atoms with Crippen molar-refractivity contribution in [1.82, 2.24) is 24.5 Å². The zero-order valence-corrected chi connectivity index (χ0v) is 24.1. The van der Waals surface area contributed by atoms with Gasteiger partial charge in [0.2, 0.25) is 5.43 Å². The van der Waals surface area contributed by atoms with Crippen LogP contribution in [0.4, 0.5) is 4.39 Å². The molecule has 6 rings (SSSR count). The SMILES string of the molecule is CC1CC(c2cn(C[C@@H](O)c3cccc(Br)c3)nn2)CCN1C(=O)c1cn(C2CC2)c2cc(Cl)c(F)cc2c1=O. The van der Waals surface area contributed by atoms with Gasteiger partial charge in [0, 0.05) is 46.8 Å². The van der Waals surface area contributed by atoms with E-state index in [0.29, 0.717) is 24.9 Å². The molecular weight excluding hydrogens is 601 g/mol. The van der Waals surface area contributed by atoms with Crippen LogP contribution in [0.5, 0.6) is 0 Å². The average molecular weight is 629 g/mol. The Kier molecular flexibility index (Phi) is 7.27. The largest absolute Gasteiger partial charge is 0.386 e. The van der Waals surface area contributed by atoms with E-state index in [-0.39, 0.29) is 46.4 Å². The smallest absolute Gasteiger partial charge is 0.259 e. The highest BCUT2D eigenvalue weighted by molar-refractivity contribution is 9.10. The fourth-order valence-electron chi connectivity index (χ4n) is 5.63. The molecule has 0 spiro atoms. The van der Waals surface area contributed by atoms with Crippen LogP contribution in [0.1, 0.15) is 72.3 Å². The van der Waals surface area contributed by atoms with E-state index in [1.165, 1.54) is 6.07 Å². The number of pyridine rings is 1. The van der Waals surface area contributed by atoms with E-state index in [4.69, 9.17) is 11.6 Å². The summed E-state index contributed by atoms with van der Waals surface area (Å²) in [6.07, 6.45) is 5.95. The summed E-state index contributed by atoms with van der Waals surface area (Å²) in [5, 5.41) is 19.3. The number of carbonyl (C=O) groups is 1. The zero-order valence-electron chi connectivity index (χ0n) is 21.8. The van der Waals surface area contributed by atoms with Gasteiger partial charge in [0.25, 0.3) is 5.91 Å². The van der Waals surface area contributed by atoms with Gasteiger partial charge in [-0.15, -0.1) is 5.10 Å². The van der Waals surface area contributed by atoms with Crippen LogP contribution in [0.3, 0.4) is 0 Å². The van der Waals surface area contributed by atoms with E-state index in [1.807, 2.05) is 42.0 Å². The van der Waals surface area contributed by atoms with Crippen LogP contribution in [0.15, 0.2) is 58.1 Å². The highest BCUT2D eigenvalue weighted by Crippen LogP contribution is 2.38. The summed E-state index contributed by atoms with van der Waals surface area (Å²) in [6, 6.07) is 10.2. The maximum Gasteiger partial charge on any atom is 0.259 e. The number of benzene rings is 2. The van der Waals surface area contributed by atoms with E-state index in [1.54, 1.807) is 15.8 Å². The third kappa shape index (κ3) is 5.20. The van der Waals surface area contributed by atoms with Gasteiger partial charge in [-0.3, -0.25) is 9.59 Å². The number of aromatic nitrogens is 4. The van der Waals surface area contributed by atoms with Gasteiger partial charge in [-0.25, -0.2) is 9.07 Å². The molecule has 2 fully saturated rings. The molecule has 1 aliphatic carbocycles. The summed E-state index contributed by atoms with van der Waals surface area (Å²) in [6.45, 7) is 2.69. The van der Waals surface area contributed by atoms with E-state index >= 15 is 0 Å². The van der Waals surface area contributed by atoms with Crippen LogP contribution in [0, 0.1) is 5.82 Å². The van der Waals surface area contributed by atoms with Gasteiger partial charge < -0.3 is 14.6 Å². The van der Waals surface area contributed by atoms with Crippen LogP contribution < -0.4 is 5.43 Å². The topological polar surface area (TPSA) is 93.2 Å². The zero-order chi connectivity index (χ0) is 28.1. The molecule has 1 saturated carbocycles. The minimum absolute atomic E-state index is 0.0457. The lowest BCUT2D eigenvalue weighted by Crippen LogP contribution is -2.45. The van der Waals surface area contributed by atoms with E-state index in [2.05, 4.69) is 26.2 Å². The molecule has 2 aromatic heterocycles. The number of rotatable bonds is 6. The third-order valence-corrected chi connectivity index (χ3v) is 8.73. The van der Waals surface area contributed by atoms with Gasteiger partial charge >= 0.3 is 0 Å². The first-order valence-electron chi connectivity index (χ1n) is 13.4. The molecule has 0 radical (unpaired) electrons. The summed E-state index contributed by atoms with van der Waals surface area (Å²) in [5.74, 6) is -0.931. The molecule has 2 unspecified atom stereocenters. The van der Waals surface area contributed by atoms with Crippen molar-refractivity contribution < 1.29 is 14.3 Å². The minimum atomic E-state index is -0.725. The van der Waals surface area contributed by atoms with Gasteiger partial charge in [-0.2, -0.15) is 0 Å². The molecule has 208 valence electrons. The predicted octanol–water partition coefficient (Wildman–Crippen LogP) is 5.62. The van der Waals surface area contributed by atoms with Crippen molar-refractivity contribution in [2.24, 2.45) is 0 Å². The van der Waals surface area contributed by atoms with Crippen LogP contribution in [0.2, 0.25) is 5.02 Å². The number of aliphatic hydroxyl groups is 1. The first-order valence-corrected chi connectivity index (χ1v) is 14.5. The van der Waals surface area contributed by atoms with E-state index in [9.17, 15) is 19.1 Å². The maximum atomic E-state index is 14.3. The number of aliphatic hydroxyl groups excluding tert-OH is 1. The quantitative estimate of drug-likeness (QED) is 0.299. The molecule has 8 nitrogen and oxygen atoms in total. The molecule has 2 aromatic carbocycles. The Balaban J connectivity index is 1.18. The van der Waals surface area contributed by atoms with Crippen molar-refractivity contribution in [3.8, 4) is 0 Å². The van der Waals surface area contributed by atoms with Gasteiger partial charge in [0.1, 0.15) is 11.4 Å². The van der Waals surface area contributed by atoms with Crippen LogP contribution in [-0.2, 0) is 6.54 Å². The van der Waals surface area contributed by atoms with E-state index < -0.39 is 17.3 Å². The van der Waals surface area contributed by atoms with E-state index in [0.717, 1.165) is 34.6 Å². The maximum absolute atomic E-state index is 14.3. The standard InChI is InChI=1S/C29H28BrClFN5O3/c1-16-9-17(25-14-35(34-33-25)15-27(38)18-3-2-4-19(30)10-18)7-8-36(16)29(40)22-13-37(20-5-6-20)26-12-23(31)24(32)11-21(26)28(22)39/h2-4,10-14,16-17,20,27,38H,5-9,15H2,1H3/t16?,17?,27-/m1/s1. The molecule has 40 heavy (non-hydrogen) atoms. The van der Waals surface area contributed by atoms with Crippen molar-refractivity contribution in [3.63, 3.8) is 0 Å². The van der Waals surface area contributed by atoms with Crippen molar-refractivity contribution in [2.45, 2.75) is 63.3 Å². The monoisotopic (exact) mass is 627 g/mol. The minimum Gasteiger partial charge on any atom is -0.386 e. The van der Waals surface area contributed by atoms with Crippen LogP contribution >= 0.6 is 27.5 Å². The molecule has 1 saturated heterocycles. The highest BCUT2D eigenvalue weighted by atomic mass is 79.9. The molecule has 0 bridgehead atoms. The van der Waals surface area contributed by atoms with Crippen molar-refractivity contribution in [2.75, 3.05) is 6.54 Å². The molecule has 1 N–H and O–H groups in total. The third-order valence-electron chi connectivity index (χ3n) is 7.95. The first kappa shape index (κ1) is 27.1. The summed E-state index contributed by atoms with van der Waals surface area (Å²) in [4.78, 5) is 28.8. The summed E-state index contributed by atoms with van der Waals surface area (Å²) in [7, 11) is 0. The average Bonchev–Trinajstić information content (AvgIpc) is 3.67. The second-order valence-corrected chi connectivity index (χ2v) is 12.1. The normalized spacial score (nSPS) is 20.2. The summed E-state index contributed by atoms with van der Waals surface area (Å²) >= 11 is 9.44. The lowest BCUT2D eigenvalue weighted by Gasteiger charge is -2.37. The predicted molar refractivity (Wildman–Crippen MR) is 153 cm³/mol. The fraction of sp³-hybridized carbons (Fsp3) is 0.379. The Bertz CT molecular complexity index is 1670. The second kappa shape index (κ2) is 10.7. The first-order chi connectivity index (χ1) is 19.2. The number of nitrogens with zero attached hydrogens (tertiary/aromatic N) is 5. The Morgan fingerprint density at radius 3 is 2.75 bits per heavy atom.